The van der Waals surface area contributed by atoms with Crippen molar-refractivity contribution in [3.63, 3.8) is 0 Å². The van der Waals surface area contributed by atoms with Crippen LogP contribution in [0.4, 0.5) is 16.5 Å². The van der Waals surface area contributed by atoms with E-state index in [2.05, 4.69) is 44.6 Å². The number of phenolic OH excluding ortho intramolecular Hbond substituents is 1. The van der Waals surface area contributed by atoms with Crippen LogP contribution < -0.4 is 21.1 Å². The maximum atomic E-state index is 12.2. The molecule has 1 unspecified atom stereocenters. The first-order valence-electron chi connectivity index (χ1n) is 10.5. The van der Waals surface area contributed by atoms with Gasteiger partial charge in [-0.05, 0) is 49.0 Å². The van der Waals surface area contributed by atoms with Crippen molar-refractivity contribution in [2.24, 2.45) is 0 Å². The van der Waals surface area contributed by atoms with E-state index in [9.17, 15) is 14.1 Å². The summed E-state index contributed by atoms with van der Waals surface area (Å²) in [4.78, 5) is 16.3. The zero-order chi connectivity index (χ0) is 24.6. The number of nitrogens with zero attached hydrogens (tertiary/aromatic N) is 1. The molecule has 0 spiro atoms. The molecule has 0 aliphatic rings. The summed E-state index contributed by atoms with van der Waals surface area (Å²) in [6.45, 7) is 4.36. The summed E-state index contributed by atoms with van der Waals surface area (Å²) in [5.41, 5.74) is 8.36. The SMILES string of the molecule is C=CS(=C)(=O)NCCCCC(=O)Nc1cccc(NCC#Cc2cc(O)c3nc(N)sc3c2)c1. The van der Waals surface area contributed by atoms with E-state index in [0.717, 1.165) is 10.4 Å². The van der Waals surface area contributed by atoms with Gasteiger partial charge in [0.25, 0.3) is 0 Å². The van der Waals surface area contributed by atoms with E-state index in [-0.39, 0.29) is 11.7 Å². The number of amides is 1. The molecule has 2 aromatic carbocycles. The van der Waals surface area contributed by atoms with Crippen molar-refractivity contribution in [2.75, 3.05) is 29.5 Å². The number of hydrogen-bond donors (Lipinski definition) is 5. The van der Waals surface area contributed by atoms with Crippen LogP contribution in [-0.4, -0.2) is 39.2 Å². The summed E-state index contributed by atoms with van der Waals surface area (Å²) in [6, 6.07) is 10.8. The minimum Gasteiger partial charge on any atom is -0.506 e. The molecule has 8 nitrogen and oxygen atoms in total. The average Bonchev–Trinajstić information content (AvgIpc) is 3.17. The van der Waals surface area contributed by atoms with E-state index in [1.165, 1.54) is 16.7 Å². The van der Waals surface area contributed by atoms with Gasteiger partial charge in [0, 0.05) is 45.0 Å². The van der Waals surface area contributed by atoms with Gasteiger partial charge in [0.05, 0.1) is 11.2 Å². The quantitative estimate of drug-likeness (QED) is 0.166. The fourth-order valence-corrected chi connectivity index (χ4v) is 4.44. The van der Waals surface area contributed by atoms with Crippen molar-refractivity contribution in [3.05, 3.63) is 53.9 Å². The lowest BCUT2D eigenvalue weighted by atomic mass is 10.2. The molecule has 0 saturated heterocycles. The summed E-state index contributed by atoms with van der Waals surface area (Å²) < 4.78 is 15.3. The van der Waals surface area contributed by atoms with Crippen molar-refractivity contribution >= 4 is 59.5 Å². The molecule has 0 bridgehead atoms. The first-order chi connectivity index (χ1) is 16.3. The molecule has 1 atom stereocenters. The Labute approximate surface area is 203 Å². The van der Waals surface area contributed by atoms with Gasteiger partial charge in [0.2, 0.25) is 5.91 Å². The van der Waals surface area contributed by atoms with Crippen LogP contribution >= 0.6 is 11.3 Å². The van der Waals surface area contributed by atoms with E-state index in [1.807, 2.05) is 30.3 Å². The number of phenols is 1. The van der Waals surface area contributed by atoms with Crippen LogP contribution in [0.25, 0.3) is 10.2 Å². The predicted molar refractivity (Wildman–Crippen MR) is 143 cm³/mol. The van der Waals surface area contributed by atoms with Gasteiger partial charge in [-0.25, -0.2) is 13.9 Å². The lowest BCUT2D eigenvalue weighted by Crippen LogP contribution is -2.22. The third kappa shape index (κ3) is 7.52. The van der Waals surface area contributed by atoms with Crippen LogP contribution in [0.3, 0.4) is 0 Å². The fraction of sp³-hybridized carbons (Fsp3) is 0.208. The van der Waals surface area contributed by atoms with Gasteiger partial charge in [-0.2, -0.15) is 0 Å². The van der Waals surface area contributed by atoms with Crippen LogP contribution in [0, 0.1) is 11.8 Å². The minimum atomic E-state index is -2.43. The molecule has 34 heavy (non-hydrogen) atoms. The number of carbonyl (C=O) groups is 1. The molecule has 3 aromatic rings. The van der Waals surface area contributed by atoms with Crippen LogP contribution in [0.15, 0.2) is 48.4 Å². The van der Waals surface area contributed by atoms with Gasteiger partial charge in [0.1, 0.15) is 11.3 Å². The molecule has 3 rings (SSSR count). The van der Waals surface area contributed by atoms with Crippen molar-refractivity contribution < 1.29 is 14.1 Å². The molecule has 0 aliphatic carbocycles. The Bertz CT molecular complexity index is 1350. The number of thiazole rings is 1. The second-order valence-electron chi connectivity index (χ2n) is 7.42. The van der Waals surface area contributed by atoms with Crippen molar-refractivity contribution in [3.8, 4) is 17.6 Å². The highest BCUT2D eigenvalue weighted by Crippen LogP contribution is 2.31. The summed E-state index contributed by atoms with van der Waals surface area (Å²) in [5, 5.41) is 17.9. The molecule has 0 saturated carbocycles. The van der Waals surface area contributed by atoms with E-state index >= 15 is 0 Å². The minimum absolute atomic E-state index is 0.0566. The number of anilines is 3. The lowest BCUT2D eigenvalue weighted by Gasteiger charge is -2.09. The molecule has 0 aliphatic heterocycles. The Morgan fingerprint density at radius 3 is 2.85 bits per heavy atom. The number of fused-ring (bicyclic) bond motifs is 1. The number of rotatable bonds is 10. The van der Waals surface area contributed by atoms with Gasteiger partial charge >= 0.3 is 0 Å². The molecule has 0 radical (unpaired) electrons. The summed E-state index contributed by atoms with van der Waals surface area (Å²) in [5.74, 6) is 9.53. The monoisotopic (exact) mass is 497 g/mol. The van der Waals surface area contributed by atoms with Gasteiger partial charge in [-0.3, -0.25) is 4.79 Å². The third-order valence-electron chi connectivity index (χ3n) is 4.70. The maximum absolute atomic E-state index is 12.2. The van der Waals surface area contributed by atoms with E-state index < -0.39 is 9.71 Å². The standard InChI is InChI=1S/C24H27N5O3S2/c1-3-34(2,32)27-13-5-4-11-22(31)28-19-10-6-9-18(16-19)26-12-7-8-17-14-20(30)23-21(15-17)33-24(25)29-23/h3,6,9-10,14-16,26,30H,1-2,4-5,11-13H2,(H2,25,29)(H,27,32)(H,28,31). The normalized spacial score (nSPS) is 12.4. The van der Waals surface area contributed by atoms with Gasteiger partial charge in [-0.1, -0.05) is 35.8 Å². The number of nitrogen functional groups attached to an aromatic ring is 1. The second kappa shape index (κ2) is 11.6. The molecule has 1 heterocycles. The number of aromatic nitrogens is 1. The molecular formula is C24H27N5O3S2. The lowest BCUT2D eigenvalue weighted by molar-refractivity contribution is -0.116. The topological polar surface area (TPSA) is 129 Å². The van der Waals surface area contributed by atoms with E-state index in [1.54, 1.807) is 6.07 Å². The van der Waals surface area contributed by atoms with Gasteiger partial charge < -0.3 is 21.5 Å². The Kier molecular flexibility index (Phi) is 8.54. The molecule has 178 valence electrons. The highest BCUT2D eigenvalue weighted by atomic mass is 32.2. The number of unbranched alkanes of at least 4 members (excludes halogenated alkanes) is 1. The molecule has 1 aromatic heterocycles. The molecule has 6 N–H and O–H groups in total. The first kappa shape index (κ1) is 25.1. The first-order valence-corrected chi connectivity index (χ1v) is 13.1. The fourth-order valence-electron chi connectivity index (χ4n) is 3.04. The number of benzene rings is 2. The van der Waals surface area contributed by atoms with E-state index in [0.29, 0.717) is 54.3 Å². The van der Waals surface area contributed by atoms with Crippen molar-refractivity contribution in [1.29, 1.82) is 0 Å². The summed E-state index contributed by atoms with van der Waals surface area (Å²) in [6.07, 6.45) is 1.73. The van der Waals surface area contributed by atoms with Crippen molar-refractivity contribution in [1.82, 2.24) is 9.71 Å². The van der Waals surface area contributed by atoms with Gasteiger partial charge in [-0.15, -0.1) is 0 Å². The molecular weight excluding hydrogens is 470 g/mol. The molecule has 10 heteroatoms. The van der Waals surface area contributed by atoms with Crippen LogP contribution in [0.2, 0.25) is 0 Å². The van der Waals surface area contributed by atoms with Crippen LogP contribution in [0.5, 0.6) is 5.75 Å². The summed E-state index contributed by atoms with van der Waals surface area (Å²) in [7, 11) is -2.43. The highest BCUT2D eigenvalue weighted by Gasteiger charge is 2.07. The third-order valence-corrected chi connectivity index (χ3v) is 6.76. The second-order valence-corrected chi connectivity index (χ2v) is 10.6. The smallest absolute Gasteiger partial charge is 0.224 e. The number of carbonyl (C=O) groups excluding carboxylic acids is 1. The Hall–Kier alpha value is -3.52. The van der Waals surface area contributed by atoms with Gasteiger partial charge in [0.15, 0.2) is 5.13 Å². The Morgan fingerprint density at radius 1 is 1.26 bits per heavy atom. The number of hydrogen-bond acceptors (Lipinski definition) is 7. The zero-order valence-corrected chi connectivity index (χ0v) is 20.2. The Morgan fingerprint density at radius 2 is 2.06 bits per heavy atom. The van der Waals surface area contributed by atoms with E-state index in [4.69, 9.17) is 5.73 Å². The number of nitrogens with two attached hydrogens (primary N) is 1. The largest absolute Gasteiger partial charge is 0.506 e. The maximum Gasteiger partial charge on any atom is 0.224 e. The number of aromatic hydroxyl groups is 1. The van der Waals surface area contributed by atoms with Crippen molar-refractivity contribution in [2.45, 2.75) is 19.3 Å². The average molecular weight is 498 g/mol. The Balaban J connectivity index is 1.46. The summed E-state index contributed by atoms with van der Waals surface area (Å²) >= 11 is 1.30. The zero-order valence-electron chi connectivity index (χ0n) is 18.6. The molecule has 0 fully saturated rings. The van der Waals surface area contributed by atoms with Crippen LogP contribution in [-0.2, 0) is 14.5 Å². The number of nitrogens with one attached hydrogen (secondary N) is 3. The highest BCUT2D eigenvalue weighted by molar-refractivity contribution is 8.01. The van der Waals surface area contributed by atoms with Crippen LogP contribution in [0.1, 0.15) is 24.8 Å². The molecule has 1 amide bonds. The predicted octanol–water partition coefficient (Wildman–Crippen LogP) is 3.52.